The quantitative estimate of drug-likeness (QED) is 0.589. The van der Waals surface area contributed by atoms with E-state index in [0.717, 1.165) is 0 Å². The van der Waals surface area contributed by atoms with Gasteiger partial charge in [0.1, 0.15) is 5.82 Å². The molecule has 0 aliphatic carbocycles. The molecule has 0 unspecified atom stereocenters. The van der Waals surface area contributed by atoms with E-state index < -0.39 is 5.82 Å². The van der Waals surface area contributed by atoms with Crippen LogP contribution in [0, 0.1) is 5.82 Å². The number of hydrogen-bond acceptors (Lipinski definition) is 3. The number of nitrogens with one attached hydrogen (secondary N) is 3. The summed E-state index contributed by atoms with van der Waals surface area (Å²) in [6, 6.07) is 9.46. The molecule has 8 heteroatoms. The predicted molar refractivity (Wildman–Crippen MR) is 109 cm³/mol. The van der Waals surface area contributed by atoms with Crippen molar-refractivity contribution in [3.63, 3.8) is 0 Å². The lowest BCUT2D eigenvalue weighted by Crippen LogP contribution is -2.27. The number of H-pyrrole nitrogens is 1. The molecule has 146 valence electrons. The Balaban J connectivity index is 1.69. The van der Waals surface area contributed by atoms with Gasteiger partial charge >= 0.3 is 0 Å². The van der Waals surface area contributed by atoms with Crippen molar-refractivity contribution < 1.29 is 14.0 Å². The summed E-state index contributed by atoms with van der Waals surface area (Å²) >= 11 is 6.12. The maximum atomic E-state index is 13.4. The molecule has 0 fully saturated rings. The van der Waals surface area contributed by atoms with Gasteiger partial charge in [-0.3, -0.25) is 9.59 Å². The number of nitrogens with zero attached hydrogens (tertiary/aromatic N) is 1. The Morgan fingerprint density at radius 1 is 1.11 bits per heavy atom. The minimum absolute atomic E-state index is 0.0720. The molecule has 0 saturated heterocycles. The molecular weight excluding hydrogens is 383 g/mol. The topological polar surface area (TPSA) is 77.2 Å². The number of halogens is 2. The highest BCUT2D eigenvalue weighted by atomic mass is 35.5. The molecular formula is C20H20ClFN4O2. The van der Waals surface area contributed by atoms with E-state index in [0.29, 0.717) is 27.8 Å². The molecule has 2 amide bonds. The van der Waals surface area contributed by atoms with E-state index in [4.69, 9.17) is 11.6 Å². The average Bonchev–Trinajstić information content (AvgIpc) is 2.96. The Kier molecular flexibility index (Phi) is 5.96. The maximum Gasteiger partial charge on any atom is 0.238 e. The van der Waals surface area contributed by atoms with Gasteiger partial charge in [0.2, 0.25) is 11.8 Å². The second-order valence-corrected chi connectivity index (χ2v) is 7.12. The number of rotatable bonds is 6. The first-order valence-electron chi connectivity index (χ1n) is 8.61. The van der Waals surface area contributed by atoms with Gasteiger partial charge in [0.05, 0.1) is 23.5 Å². The van der Waals surface area contributed by atoms with Crippen LogP contribution in [0.25, 0.3) is 10.9 Å². The fourth-order valence-electron chi connectivity index (χ4n) is 2.93. The zero-order valence-corrected chi connectivity index (χ0v) is 16.2. The van der Waals surface area contributed by atoms with Crippen LogP contribution in [-0.4, -0.2) is 42.3 Å². The van der Waals surface area contributed by atoms with E-state index in [2.05, 4.69) is 15.6 Å². The molecule has 0 spiro atoms. The second-order valence-electron chi connectivity index (χ2n) is 6.72. The van der Waals surface area contributed by atoms with Gasteiger partial charge in [-0.05, 0) is 50.0 Å². The average molecular weight is 403 g/mol. The number of carbonyl (C=O) groups excluding carboxylic acids is 2. The van der Waals surface area contributed by atoms with Crippen molar-refractivity contribution in [2.75, 3.05) is 31.3 Å². The van der Waals surface area contributed by atoms with Crippen LogP contribution in [0.5, 0.6) is 0 Å². The molecule has 0 aliphatic rings. The molecule has 6 nitrogen and oxygen atoms in total. The van der Waals surface area contributed by atoms with Crippen molar-refractivity contribution in [3.05, 3.63) is 59.0 Å². The number of amides is 2. The molecule has 3 rings (SSSR count). The molecule has 0 radical (unpaired) electrons. The standard InChI is InChI=1S/C20H20ClFN4O2/c1-26(2)11-19(28)25-15-5-3-4-14(9-15)24-18(27)6-12-10-23-17-8-13(22)7-16(21)20(12)17/h3-5,7-10,23H,6,11H2,1-2H3,(H,24,27)(H,25,28). The number of aromatic amines is 1. The number of fused-ring (bicyclic) bond motifs is 1. The van der Waals surface area contributed by atoms with Crippen LogP contribution in [-0.2, 0) is 16.0 Å². The Morgan fingerprint density at radius 2 is 1.79 bits per heavy atom. The van der Waals surface area contributed by atoms with Gasteiger partial charge in [0.15, 0.2) is 0 Å². The van der Waals surface area contributed by atoms with Crippen molar-refractivity contribution in [1.29, 1.82) is 0 Å². The zero-order chi connectivity index (χ0) is 20.3. The number of aromatic nitrogens is 1. The van der Waals surface area contributed by atoms with E-state index in [1.807, 2.05) is 14.1 Å². The van der Waals surface area contributed by atoms with Gasteiger partial charge in [-0.15, -0.1) is 0 Å². The number of likely N-dealkylation sites (N-methyl/N-ethyl adjacent to an activating group) is 1. The van der Waals surface area contributed by atoms with Crippen LogP contribution in [0.2, 0.25) is 5.02 Å². The minimum Gasteiger partial charge on any atom is -0.361 e. The zero-order valence-electron chi connectivity index (χ0n) is 15.5. The monoisotopic (exact) mass is 402 g/mol. The van der Waals surface area contributed by atoms with Crippen LogP contribution in [0.3, 0.4) is 0 Å². The summed E-state index contributed by atoms with van der Waals surface area (Å²) in [6.45, 7) is 0.262. The number of hydrogen-bond donors (Lipinski definition) is 3. The Morgan fingerprint density at radius 3 is 2.46 bits per heavy atom. The van der Waals surface area contributed by atoms with Gasteiger partial charge < -0.3 is 20.5 Å². The van der Waals surface area contributed by atoms with Crippen molar-refractivity contribution in [2.24, 2.45) is 0 Å². The highest BCUT2D eigenvalue weighted by Crippen LogP contribution is 2.28. The number of carbonyl (C=O) groups is 2. The van der Waals surface area contributed by atoms with Gasteiger partial charge in [-0.1, -0.05) is 17.7 Å². The smallest absolute Gasteiger partial charge is 0.238 e. The molecule has 0 bridgehead atoms. The highest BCUT2D eigenvalue weighted by Gasteiger charge is 2.13. The van der Waals surface area contributed by atoms with E-state index in [1.54, 1.807) is 35.4 Å². The molecule has 0 saturated carbocycles. The molecule has 0 aliphatic heterocycles. The lowest BCUT2D eigenvalue weighted by molar-refractivity contribution is -0.117. The molecule has 3 aromatic rings. The third kappa shape index (κ3) is 4.88. The van der Waals surface area contributed by atoms with Gasteiger partial charge in [0, 0.05) is 23.0 Å². The molecule has 0 atom stereocenters. The molecule has 3 N–H and O–H groups in total. The minimum atomic E-state index is -0.441. The first kappa shape index (κ1) is 19.9. The van der Waals surface area contributed by atoms with Crippen LogP contribution >= 0.6 is 11.6 Å². The largest absolute Gasteiger partial charge is 0.361 e. The molecule has 2 aromatic carbocycles. The highest BCUT2D eigenvalue weighted by molar-refractivity contribution is 6.35. The van der Waals surface area contributed by atoms with Crippen LogP contribution < -0.4 is 10.6 Å². The summed E-state index contributed by atoms with van der Waals surface area (Å²) in [5.41, 5.74) is 2.37. The summed E-state index contributed by atoms with van der Waals surface area (Å²) in [5, 5.41) is 6.46. The normalized spacial score (nSPS) is 11.0. The fraction of sp³-hybridized carbons (Fsp3) is 0.200. The summed E-state index contributed by atoms with van der Waals surface area (Å²) in [6.07, 6.45) is 1.72. The SMILES string of the molecule is CN(C)CC(=O)Nc1cccc(NC(=O)Cc2c[nH]c3cc(F)cc(Cl)c23)c1. The lowest BCUT2D eigenvalue weighted by Gasteiger charge is -2.11. The summed E-state index contributed by atoms with van der Waals surface area (Å²) in [5.74, 6) is -0.837. The lowest BCUT2D eigenvalue weighted by atomic mass is 10.1. The van der Waals surface area contributed by atoms with Gasteiger partial charge in [-0.25, -0.2) is 4.39 Å². The van der Waals surface area contributed by atoms with E-state index in [-0.39, 0.29) is 29.8 Å². The van der Waals surface area contributed by atoms with Crippen molar-refractivity contribution in [2.45, 2.75) is 6.42 Å². The Hall–Kier alpha value is -2.90. The predicted octanol–water partition coefficient (Wildman–Crippen LogP) is 3.64. The summed E-state index contributed by atoms with van der Waals surface area (Å²) in [7, 11) is 3.61. The van der Waals surface area contributed by atoms with Crippen molar-refractivity contribution in [1.82, 2.24) is 9.88 Å². The summed E-state index contributed by atoms with van der Waals surface area (Å²) < 4.78 is 13.4. The number of benzene rings is 2. The van der Waals surface area contributed by atoms with E-state index in [9.17, 15) is 14.0 Å². The van der Waals surface area contributed by atoms with Crippen LogP contribution in [0.4, 0.5) is 15.8 Å². The maximum absolute atomic E-state index is 13.4. The van der Waals surface area contributed by atoms with Gasteiger partial charge in [-0.2, -0.15) is 0 Å². The van der Waals surface area contributed by atoms with Crippen LogP contribution in [0.1, 0.15) is 5.56 Å². The van der Waals surface area contributed by atoms with Crippen LogP contribution in [0.15, 0.2) is 42.6 Å². The Labute approximate surface area is 166 Å². The molecule has 28 heavy (non-hydrogen) atoms. The molecule has 1 aromatic heterocycles. The third-order valence-corrected chi connectivity index (χ3v) is 4.32. The summed E-state index contributed by atoms with van der Waals surface area (Å²) in [4.78, 5) is 29.0. The van der Waals surface area contributed by atoms with Gasteiger partial charge in [0.25, 0.3) is 0 Å². The van der Waals surface area contributed by atoms with Crippen molar-refractivity contribution in [3.8, 4) is 0 Å². The third-order valence-electron chi connectivity index (χ3n) is 4.02. The second kappa shape index (κ2) is 8.41. The Bertz CT molecular complexity index is 1030. The first-order chi connectivity index (χ1) is 13.3. The molecule has 1 heterocycles. The fourth-order valence-corrected chi connectivity index (χ4v) is 3.26. The first-order valence-corrected chi connectivity index (χ1v) is 8.99. The van der Waals surface area contributed by atoms with E-state index in [1.165, 1.54) is 12.1 Å². The van der Waals surface area contributed by atoms with Crippen molar-refractivity contribution >= 4 is 45.7 Å². The number of anilines is 2. The van der Waals surface area contributed by atoms with E-state index >= 15 is 0 Å².